The van der Waals surface area contributed by atoms with E-state index in [1.165, 1.54) is 24.8 Å². The highest BCUT2D eigenvalue weighted by Crippen LogP contribution is 2.36. The molecule has 0 unspecified atom stereocenters. The third-order valence-electron chi connectivity index (χ3n) is 4.34. The number of nitrogens with two attached hydrogens (primary N) is 1. The van der Waals surface area contributed by atoms with Crippen molar-refractivity contribution < 1.29 is 0 Å². The van der Waals surface area contributed by atoms with Crippen LogP contribution in [0.4, 0.5) is 0 Å². The third-order valence-corrected chi connectivity index (χ3v) is 4.34. The monoisotopic (exact) mass is 262 g/mol. The zero-order chi connectivity index (χ0) is 13.9. The maximum absolute atomic E-state index is 5.64. The second-order valence-corrected chi connectivity index (χ2v) is 6.00. The van der Waals surface area contributed by atoms with Gasteiger partial charge in [-0.2, -0.15) is 0 Å². The van der Waals surface area contributed by atoms with E-state index in [2.05, 4.69) is 48.1 Å². The second kappa shape index (κ2) is 5.99. The maximum atomic E-state index is 5.64. The second-order valence-electron chi connectivity index (χ2n) is 6.00. The Balaban J connectivity index is 1.95. The molecule has 4 heteroatoms. The van der Waals surface area contributed by atoms with Gasteiger partial charge in [-0.15, -0.1) is 0 Å². The first-order valence-corrected chi connectivity index (χ1v) is 7.05. The largest absolute Gasteiger partial charge is 0.325 e. The summed E-state index contributed by atoms with van der Waals surface area (Å²) in [6, 6.07) is 4.19. The fraction of sp³-hybridized carbons (Fsp3) is 0.667. The standard InChI is InChI=1S/C15H26N4/c1-18(2)15(6-4-7-15)12-19(3)11-13-5-8-17-14(9-13)10-16/h5,8-9H,4,6-7,10-12,16H2,1-3H3. The van der Waals surface area contributed by atoms with Crippen LogP contribution in [0.5, 0.6) is 0 Å². The van der Waals surface area contributed by atoms with Gasteiger partial charge in [-0.05, 0) is 58.1 Å². The Morgan fingerprint density at radius 1 is 1.32 bits per heavy atom. The topological polar surface area (TPSA) is 45.4 Å². The van der Waals surface area contributed by atoms with Crippen molar-refractivity contribution >= 4 is 0 Å². The summed E-state index contributed by atoms with van der Waals surface area (Å²) >= 11 is 0. The summed E-state index contributed by atoms with van der Waals surface area (Å²) in [7, 11) is 6.60. The van der Waals surface area contributed by atoms with Gasteiger partial charge >= 0.3 is 0 Å². The van der Waals surface area contributed by atoms with E-state index in [-0.39, 0.29) is 0 Å². The summed E-state index contributed by atoms with van der Waals surface area (Å²) in [5.74, 6) is 0. The Bertz CT molecular complexity index is 412. The molecule has 1 aliphatic carbocycles. The summed E-state index contributed by atoms with van der Waals surface area (Å²) in [6.07, 6.45) is 5.85. The molecule has 0 amide bonds. The number of aromatic nitrogens is 1. The van der Waals surface area contributed by atoms with Crippen molar-refractivity contribution in [2.24, 2.45) is 5.73 Å². The molecule has 0 aliphatic heterocycles. The lowest BCUT2D eigenvalue weighted by Gasteiger charge is -2.49. The van der Waals surface area contributed by atoms with Gasteiger partial charge in [0.2, 0.25) is 0 Å². The van der Waals surface area contributed by atoms with Crippen LogP contribution < -0.4 is 5.73 Å². The zero-order valence-electron chi connectivity index (χ0n) is 12.4. The minimum absolute atomic E-state index is 0.387. The molecule has 1 aromatic heterocycles. The molecule has 0 radical (unpaired) electrons. The smallest absolute Gasteiger partial charge is 0.0542 e. The molecule has 19 heavy (non-hydrogen) atoms. The van der Waals surface area contributed by atoms with Crippen molar-refractivity contribution in [3.8, 4) is 0 Å². The van der Waals surface area contributed by atoms with Gasteiger partial charge in [0.1, 0.15) is 0 Å². The number of pyridine rings is 1. The molecule has 1 aliphatic rings. The van der Waals surface area contributed by atoms with E-state index >= 15 is 0 Å². The average Bonchev–Trinajstić information content (AvgIpc) is 2.33. The fourth-order valence-corrected chi connectivity index (χ4v) is 2.94. The molecule has 0 bridgehead atoms. The first-order valence-electron chi connectivity index (χ1n) is 7.05. The lowest BCUT2D eigenvalue weighted by Crippen LogP contribution is -2.56. The normalized spacial score (nSPS) is 17.8. The number of hydrogen-bond acceptors (Lipinski definition) is 4. The van der Waals surface area contributed by atoms with Crippen LogP contribution in [0.25, 0.3) is 0 Å². The predicted molar refractivity (Wildman–Crippen MR) is 78.7 cm³/mol. The summed E-state index contributed by atoms with van der Waals surface area (Å²) < 4.78 is 0. The number of nitrogens with zero attached hydrogens (tertiary/aromatic N) is 3. The van der Waals surface area contributed by atoms with E-state index in [1.807, 2.05) is 6.20 Å². The van der Waals surface area contributed by atoms with E-state index in [1.54, 1.807) is 0 Å². The van der Waals surface area contributed by atoms with Crippen LogP contribution in [-0.4, -0.2) is 48.0 Å². The molecule has 1 heterocycles. The van der Waals surface area contributed by atoms with Gasteiger partial charge in [0.25, 0.3) is 0 Å². The van der Waals surface area contributed by atoms with Crippen LogP contribution in [0.2, 0.25) is 0 Å². The van der Waals surface area contributed by atoms with Crippen LogP contribution in [0.1, 0.15) is 30.5 Å². The molecule has 2 N–H and O–H groups in total. The van der Waals surface area contributed by atoms with Gasteiger partial charge in [0.05, 0.1) is 5.69 Å². The zero-order valence-corrected chi connectivity index (χ0v) is 12.4. The van der Waals surface area contributed by atoms with E-state index in [0.29, 0.717) is 12.1 Å². The highest BCUT2D eigenvalue weighted by Gasteiger charge is 2.39. The Kier molecular flexibility index (Phi) is 4.55. The molecule has 0 spiro atoms. The van der Waals surface area contributed by atoms with Crippen LogP contribution in [-0.2, 0) is 13.1 Å². The number of rotatable bonds is 6. The van der Waals surface area contributed by atoms with E-state index in [0.717, 1.165) is 18.8 Å². The van der Waals surface area contributed by atoms with Crippen molar-refractivity contribution in [1.29, 1.82) is 0 Å². The number of hydrogen-bond donors (Lipinski definition) is 1. The summed E-state index contributed by atoms with van der Waals surface area (Å²) in [5, 5.41) is 0. The molecule has 106 valence electrons. The van der Waals surface area contributed by atoms with Gasteiger partial charge in [-0.25, -0.2) is 0 Å². The molecule has 1 fully saturated rings. The van der Waals surface area contributed by atoms with Crippen molar-refractivity contribution in [1.82, 2.24) is 14.8 Å². The highest BCUT2D eigenvalue weighted by atomic mass is 15.2. The van der Waals surface area contributed by atoms with E-state index in [9.17, 15) is 0 Å². The Hall–Kier alpha value is -0.970. The molecule has 4 nitrogen and oxygen atoms in total. The van der Waals surface area contributed by atoms with Gasteiger partial charge in [0, 0.05) is 31.4 Å². The molecular weight excluding hydrogens is 236 g/mol. The van der Waals surface area contributed by atoms with Crippen LogP contribution >= 0.6 is 0 Å². The van der Waals surface area contributed by atoms with Gasteiger partial charge < -0.3 is 15.5 Å². The minimum atomic E-state index is 0.387. The van der Waals surface area contributed by atoms with Gasteiger partial charge in [-0.3, -0.25) is 4.98 Å². The Labute approximate surface area is 116 Å². The van der Waals surface area contributed by atoms with Crippen molar-refractivity contribution in [2.75, 3.05) is 27.7 Å². The summed E-state index contributed by atoms with van der Waals surface area (Å²) in [6.45, 7) is 2.60. The van der Waals surface area contributed by atoms with Crippen molar-refractivity contribution in [3.05, 3.63) is 29.6 Å². The molecule has 0 saturated heterocycles. The van der Waals surface area contributed by atoms with Crippen molar-refractivity contribution in [2.45, 2.75) is 37.9 Å². The molecule has 1 saturated carbocycles. The van der Waals surface area contributed by atoms with Crippen molar-refractivity contribution in [3.63, 3.8) is 0 Å². The molecule has 2 rings (SSSR count). The lowest BCUT2D eigenvalue weighted by molar-refractivity contribution is 0.0259. The predicted octanol–water partition coefficient (Wildman–Crippen LogP) is 1.46. The van der Waals surface area contributed by atoms with Crippen LogP contribution in [0.15, 0.2) is 18.3 Å². The molecule has 0 atom stereocenters. The highest BCUT2D eigenvalue weighted by molar-refractivity contribution is 5.16. The fourth-order valence-electron chi connectivity index (χ4n) is 2.94. The molecule has 0 aromatic carbocycles. The van der Waals surface area contributed by atoms with Crippen LogP contribution in [0.3, 0.4) is 0 Å². The third kappa shape index (κ3) is 3.32. The lowest BCUT2D eigenvalue weighted by atomic mass is 9.75. The molecular formula is C15H26N4. The van der Waals surface area contributed by atoms with E-state index < -0.39 is 0 Å². The maximum Gasteiger partial charge on any atom is 0.0542 e. The number of likely N-dealkylation sites (N-methyl/N-ethyl adjacent to an activating group) is 2. The van der Waals surface area contributed by atoms with E-state index in [4.69, 9.17) is 5.73 Å². The first-order chi connectivity index (χ1) is 9.05. The Morgan fingerprint density at radius 2 is 2.05 bits per heavy atom. The Morgan fingerprint density at radius 3 is 2.58 bits per heavy atom. The first kappa shape index (κ1) is 14.4. The molecule has 1 aromatic rings. The summed E-state index contributed by atoms with van der Waals surface area (Å²) in [5.41, 5.74) is 8.29. The average molecular weight is 262 g/mol. The summed E-state index contributed by atoms with van der Waals surface area (Å²) in [4.78, 5) is 9.05. The van der Waals surface area contributed by atoms with Gasteiger partial charge in [-0.1, -0.05) is 0 Å². The SMILES string of the molecule is CN(Cc1ccnc(CN)c1)CC1(N(C)C)CCC1. The van der Waals surface area contributed by atoms with Gasteiger partial charge in [0.15, 0.2) is 0 Å². The quantitative estimate of drug-likeness (QED) is 0.843. The van der Waals surface area contributed by atoms with Crippen LogP contribution in [0, 0.1) is 0 Å². The minimum Gasteiger partial charge on any atom is -0.325 e.